The van der Waals surface area contributed by atoms with Gasteiger partial charge < -0.3 is 15.5 Å². The quantitative estimate of drug-likeness (QED) is 0.447. The molecule has 0 unspecified atom stereocenters. The molecule has 2 rings (SSSR count). The van der Waals surface area contributed by atoms with Crippen LogP contribution in [-0.2, 0) is 9.59 Å². The molecule has 1 aromatic heterocycles. The number of pyridine rings is 1. The van der Waals surface area contributed by atoms with Crippen molar-refractivity contribution in [3.05, 3.63) is 35.7 Å². The third-order valence-corrected chi connectivity index (χ3v) is 3.71. The van der Waals surface area contributed by atoms with Crippen molar-refractivity contribution >= 4 is 17.6 Å². The Kier molecular flexibility index (Phi) is 6.32. The van der Waals surface area contributed by atoms with Crippen molar-refractivity contribution in [3.8, 4) is 6.07 Å². The third kappa shape index (κ3) is 5.09. The molecular formula is C17H21N5O2. The van der Waals surface area contributed by atoms with Crippen molar-refractivity contribution in [1.82, 2.24) is 15.2 Å². The van der Waals surface area contributed by atoms with Crippen molar-refractivity contribution < 1.29 is 9.59 Å². The number of hydrogen-bond donors (Lipinski definition) is 2. The predicted molar refractivity (Wildman–Crippen MR) is 89.7 cm³/mol. The number of amides is 2. The molecule has 0 radical (unpaired) electrons. The summed E-state index contributed by atoms with van der Waals surface area (Å²) in [5.41, 5.74) is 1.01. The zero-order valence-corrected chi connectivity index (χ0v) is 13.7. The molecule has 2 amide bonds. The highest BCUT2D eigenvalue weighted by Gasteiger charge is 2.19. The van der Waals surface area contributed by atoms with E-state index in [0.717, 1.165) is 18.5 Å². The highest BCUT2D eigenvalue weighted by atomic mass is 16.2. The Balaban J connectivity index is 1.77. The molecule has 0 saturated carbocycles. The zero-order chi connectivity index (χ0) is 17.4. The van der Waals surface area contributed by atoms with Gasteiger partial charge in [0, 0.05) is 38.5 Å². The van der Waals surface area contributed by atoms with Crippen LogP contribution in [0.2, 0.25) is 0 Å². The minimum absolute atomic E-state index is 0.0180. The molecule has 0 spiro atoms. The molecule has 1 aromatic rings. The molecule has 126 valence electrons. The van der Waals surface area contributed by atoms with Crippen molar-refractivity contribution in [2.45, 2.75) is 26.2 Å². The lowest BCUT2D eigenvalue weighted by Crippen LogP contribution is -2.31. The molecule has 24 heavy (non-hydrogen) atoms. The Morgan fingerprint density at radius 3 is 3.04 bits per heavy atom. The van der Waals surface area contributed by atoms with Gasteiger partial charge in [-0.05, 0) is 37.5 Å². The maximum absolute atomic E-state index is 12.0. The van der Waals surface area contributed by atoms with Crippen LogP contribution in [0.3, 0.4) is 0 Å². The maximum atomic E-state index is 12.0. The molecule has 1 fully saturated rings. The molecule has 0 aromatic carbocycles. The summed E-state index contributed by atoms with van der Waals surface area (Å²) in [6.45, 7) is 3.78. The van der Waals surface area contributed by atoms with E-state index >= 15 is 0 Å². The van der Waals surface area contributed by atoms with Crippen molar-refractivity contribution in [2.24, 2.45) is 0 Å². The fraction of sp³-hybridized carbons (Fsp3) is 0.412. The summed E-state index contributed by atoms with van der Waals surface area (Å²) in [6.07, 6.45) is 5.19. The normalized spacial score (nSPS) is 14.4. The average Bonchev–Trinajstić information content (AvgIpc) is 2.97. The number of anilines is 1. The molecule has 0 atom stereocenters. The number of carbonyl (C=O) groups excluding carboxylic acids is 2. The number of aryl methyl sites for hydroxylation is 1. The van der Waals surface area contributed by atoms with E-state index in [0.29, 0.717) is 31.7 Å². The van der Waals surface area contributed by atoms with E-state index in [1.54, 1.807) is 11.1 Å². The van der Waals surface area contributed by atoms with Crippen LogP contribution in [0.4, 0.5) is 5.82 Å². The summed E-state index contributed by atoms with van der Waals surface area (Å²) < 4.78 is 0. The number of likely N-dealkylation sites (tertiary alicyclic amines) is 1. The first kappa shape index (κ1) is 17.5. The summed E-state index contributed by atoms with van der Waals surface area (Å²) in [4.78, 5) is 29.4. The lowest BCUT2D eigenvalue weighted by Gasteiger charge is -2.15. The average molecular weight is 327 g/mol. The van der Waals surface area contributed by atoms with Crippen LogP contribution >= 0.6 is 0 Å². The fourth-order valence-electron chi connectivity index (χ4n) is 2.42. The number of carbonyl (C=O) groups is 2. The first-order valence-electron chi connectivity index (χ1n) is 7.95. The summed E-state index contributed by atoms with van der Waals surface area (Å²) in [5.74, 6) is 0.308. The smallest absolute Gasteiger partial charge is 0.263 e. The summed E-state index contributed by atoms with van der Waals surface area (Å²) in [7, 11) is 0. The van der Waals surface area contributed by atoms with E-state index in [4.69, 9.17) is 5.26 Å². The van der Waals surface area contributed by atoms with E-state index < -0.39 is 5.91 Å². The van der Waals surface area contributed by atoms with Crippen LogP contribution in [0.25, 0.3) is 0 Å². The molecular weight excluding hydrogens is 306 g/mol. The van der Waals surface area contributed by atoms with Gasteiger partial charge in [0.05, 0.1) is 0 Å². The SMILES string of the molecule is Cc1ccnc(N/C=C(/C#N)C(=O)NCCCN2CCCC2=O)c1. The Labute approximate surface area is 141 Å². The van der Waals surface area contributed by atoms with Gasteiger partial charge in [-0.25, -0.2) is 4.98 Å². The van der Waals surface area contributed by atoms with Gasteiger partial charge in [-0.1, -0.05) is 0 Å². The van der Waals surface area contributed by atoms with Crippen molar-refractivity contribution in [2.75, 3.05) is 25.0 Å². The van der Waals surface area contributed by atoms with Crippen molar-refractivity contribution in [3.63, 3.8) is 0 Å². The number of nitriles is 1. The van der Waals surface area contributed by atoms with Gasteiger partial charge in [0.1, 0.15) is 17.5 Å². The maximum Gasteiger partial charge on any atom is 0.263 e. The van der Waals surface area contributed by atoms with Crippen LogP contribution in [0.5, 0.6) is 0 Å². The lowest BCUT2D eigenvalue weighted by atomic mass is 10.2. The van der Waals surface area contributed by atoms with Crippen LogP contribution < -0.4 is 10.6 Å². The lowest BCUT2D eigenvalue weighted by molar-refractivity contribution is -0.127. The zero-order valence-electron chi connectivity index (χ0n) is 13.7. The number of nitrogens with zero attached hydrogens (tertiary/aromatic N) is 3. The molecule has 1 aliphatic rings. The molecule has 1 aliphatic heterocycles. The second-order valence-corrected chi connectivity index (χ2v) is 5.63. The molecule has 7 heteroatoms. The second-order valence-electron chi connectivity index (χ2n) is 5.63. The second kappa shape index (κ2) is 8.67. The van der Waals surface area contributed by atoms with Crippen LogP contribution in [0.1, 0.15) is 24.8 Å². The molecule has 0 aliphatic carbocycles. The van der Waals surface area contributed by atoms with Gasteiger partial charge in [-0.3, -0.25) is 9.59 Å². The third-order valence-electron chi connectivity index (χ3n) is 3.71. The number of rotatable bonds is 7. The molecule has 1 saturated heterocycles. The summed E-state index contributed by atoms with van der Waals surface area (Å²) in [6, 6.07) is 5.55. The standard InChI is InChI=1S/C17H21N5O2/c1-13-5-7-19-15(10-13)21-12-14(11-18)17(24)20-6-3-9-22-8-2-4-16(22)23/h5,7,10,12H,2-4,6,8-9H2,1H3,(H,19,21)(H,20,24)/b14-12-. The van der Waals surface area contributed by atoms with E-state index in [9.17, 15) is 9.59 Å². The highest BCUT2D eigenvalue weighted by Crippen LogP contribution is 2.09. The van der Waals surface area contributed by atoms with Crippen LogP contribution in [-0.4, -0.2) is 41.3 Å². The number of aromatic nitrogens is 1. The monoisotopic (exact) mass is 327 g/mol. The predicted octanol–water partition coefficient (Wildman–Crippen LogP) is 1.34. The summed E-state index contributed by atoms with van der Waals surface area (Å²) in [5, 5.41) is 14.6. The molecule has 0 bridgehead atoms. The van der Waals surface area contributed by atoms with E-state index in [-0.39, 0.29) is 11.5 Å². The van der Waals surface area contributed by atoms with Gasteiger partial charge in [0.25, 0.3) is 5.91 Å². The molecule has 2 N–H and O–H groups in total. The fourth-order valence-corrected chi connectivity index (χ4v) is 2.42. The van der Waals surface area contributed by atoms with E-state index in [1.807, 2.05) is 25.1 Å². The van der Waals surface area contributed by atoms with Gasteiger partial charge in [0.2, 0.25) is 5.91 Å². The van der Waals surface area contributed by atoms with Crippen LogP contribution in [0.15, 0.2) is 30.1 Å². The van der Waals surface area contributed by atoms with Gasteiger partial charge in [0.15, 0.2) is 0 Å². The topological polar surface area (TPSA) is 98.1 Å². The first-order chi connectivity index (χ1) is 11.6. The van der Waals surface area contributed by atoms with Gasteiger partial charge in [-0.15, -0.1) is 0 Å². The number of hydrogen-bond acceptors (Lipinski definition) is 5. The van der Waals surface area contributed by atoms with E-state index in [1.165, 1.54) is 6.20 Å². The minimum atomic E-state index is -0.439. The molecule has 2 heterocycles. The first-order valence-corrected chi connectivity index (χ1v) is 7.95. The Hall–Kier alpha value is -2.88. The Bertz CT molecular complexity index is 678. The van der Waals surface area contributed by atoms with Crippen molar-refractivity contribution in [1.29, 1.82) is 5.26 Å². The Morgan fingerprint density at radius 2 is 2.38 bits per heavy atom. The largest absolute Gasteiger partial charge is 0.351 e. The minimum Gasteiger partial charge on any atom is -0.351 e. The van der Waals surface area contributed by atoms with Gasteiger partial charge >= 0.3 is 0 Å². The summed E-state index contributed by atoms with van der Waals surface area (Å²) >= 11 is 0. The van der Waals surface area contributed by atoms with E-state index in [2.05, 4.69) is 15.6 Å². The highest BCUT2D eigenvalue weighted by molar-refractivity contribution is 5.97. The van der Waals surface area contributed by atoms with Crippen LogP contribution in [0, 0.1) is 18.3 Å². The number of nitrogens with one attached hydrogen (secondary N) is 2. The molecule has 7 nitrogen and oxygen atoms in total. The Morgan fingerprint density at radius 1 is 1.54 bits per heavy atom. The van der Waals surface area contributed by atoms with Gasteiger partial charge in [-0.2, -0.15) is 5.26 Å².